The first kappa shape index (κ1) is 22.8. The Bertz CT molecular complexity index is 1200. The molecule has 2 aliphatic rings. The molecule has 0 spiro atoms. The number of alkyl halides is 1. The molecule has 1 fully saturated rings. The van der Waals surface area contributed by atoms with Crippen LogP contribution in [-0.4, -0.2) is 42.9 Å². The van der Waals surface area contributed by atoms with Crippen LogP contribution in [0.4, 0.5) is 4.39 Å². The minimum atomic E-state index is -0.330. The molecule has 4 nitrogen and oxygen atoms in total. The SMILES string of the molecule is CC1=C(c2cccc(Cl)c2)[C@@H](c2ccc(OCCN3CC(CF)C3)cc2)Oc2ccc(O)cc21. The Morgan fingerprint density at radius 2 is 1.88 bits per heavy atom. The molecule has 1 atom stereocenters. The van der Waals surface area contributed by atoms with Crippen LogP contribution in [0.3, 0.4) is 0 Å². The van der Waals surface area contributed by atoms with Crippen LogP contribution in [0.1, 0.15) is 29.7 Å². The van der Waals surface area contributed by atoms with Gasteiger partial charge in [0.2, 0.25) is 0 Å². The largest absolute Gasteiger partial charge is 0.508 e. The molecule has 176 valence electrons. The summed E-state index contributed by atoms with van der Waals surface area (Å²) < 4.78 is 24.9. The molecule has 0 aliphatic carbocycles. The normalized spacial score (nSPS) is 18.3. The van der Waals surface area contributed by atoms with Crippen LogP contribution < -0.4 is 9.47 Å². The molecule has 5 rings (SSSR count). The number of phenols is 1. The van der Waals surface area contributed by atoms with Crippen molar-refractivity contribution in [1.29, 1.82) is 0 Å². The summed E-state index contributed by atoms with van der Waals surface area (Å²) in [6, 6.07) is 20.9. The number of aromatic hydroxyl groups is 1. The number of phenolic OH excluding ortho intramolecular Hbond substituents is 1. The zero-order chi connectivity index (χ0) is 23.7. The molecule has 6 heteroatoms. The molecule has 0 unspecified atom stereocenters. The maximum atomic E-state index is 12.6. The van der Waals surface area contributed by atoms with Gasteiger partial charge in [0.1, 0.15) is 30.0 Å². The Morgan fingerprint density at radius 3 is 2.62 bits per heavy atom. The average Bonchev–Trinajstić information content (AvgIpc) is 2.81. The zero-order valence-corrected chi connectivity index (χ0v) is 19.8. The lowest BCUT2D eigenvalue weighted by Gasteiger charge is -2.37. The zero-order valence-electron chi connectivity index (χ0n) is 19.0. The van der Waals surface area contributed by atoms with Crippen molar-refractivity contribution in [2.75, 3.05) is 32.9 Å². The maximum absolute atomic E-state index is 12.6. The van der Waals surface area contributed by atoms with Gasteiger partial charge in [-0.1, -0.05) is 35.9 Å². The van der Waals surface area contributed by atoms with Crippen LogP contribution in [0.2, 0.25) is 5.02 Å². The third-order valence-electron chi connectivity index (χ3n) is 6.52. The van der Waals surface area contributed by atoms with Crippen LogP contribution >= 0.6 is 11.6 Å². The second-order valence-electron chi connectivity index (χ2n) is 8.92. The number of allylic oxidation sites excluding steroid dienone is 1. The highest BCUT2D eigenvalue weighted by molar-refractivity contribution is 6.30. The molecule has 1 N–H and O–H groups in total. The number of rotatable bonds is 7. The van der Waals surface area contributed by atoms with E-state index in [1.807, 2.05) is 55.5 Å². The Balaban J connectivity index is 1.38. The molecular formula is C28H27ClFNO3. The van der Waals surface area contributed by atoms with Gasteiger partial charge in [-0.05, 0) is 66.1 Å². The molecule has 0 amide bonds. The highest BCUT2D eigenvalue weighted by atomic mass is 35.5. The summed E-state index contributed by atoms with van der Waals surface area (Å²) in [5.74, 6) is 1.91. The van der Waals surface area contributed by atoms with E-state index in [1.54, 1.807) is 18.2 Å². The summed E-state index contributed by atoms with van der Waals surface area (Å²) in [6.07, 6.45) is -0.330. The van der Waals surface area contributed by atoms with Crippen molar-refractivity contribution in [3.63, 3.8) is 0 Å². The fraction of sp³-hybridized carbons (Fsp3) is 0.286. The predicted octanol–water partition coefficient (Wildman–Crippen LogP) is 6.39. The van der Waals surface area contributed by atoms with Crippen molar-refractivity contribution in [2.24, 2.45) is 5.92 Å². The van der Waals surface area contributed by atoms with Crippen LogP contribution in [0, 0.1) is 5.92 Å². The molecule has 3 aromatic carbocycles. The van der Waals surface area contributed by atoms with Crippen LogP contribution in [0.5, 0.6) is 17.2 Å². The number of halogens is 2. The Morgan fingerprint density at radius 1 is 1.09 bits per heavy atom. The third-order valence-corrected chi connectivity index (χ3v) is 6.76. The highest BCUT2D eigenvalue weighted by Crippen LogP contribution is 2.47. The Kier molecular flexibility index (Phi) is 6.48. The van der Waals surface area contributed by atoms with Gasteiger partial charge in [-0.15, -0.1) is 0 Å². The van der Waals surface area contributed by atoms with E-state index >= 15 is 0 Å². The van der Waals surface area contributed by atoms with Crippen molar-refractivity contribution in [1.82, 2.24) is 4.90 Å². The minimum absolute atomic E-state index is 0.189. The summed E-state index contributed by atoms with van der Waals surface area (Å²) in [6.45, 7) is 4.81. The monoisotopic (exact) mass is 479 g/mol. The van der Waals surface area contributed by atoms with Gasteiger partial charge < -0.3 is 14.6 Å². The quantitative estimate of drug-likeness (QED) is 0.426. The van der Waals surface area contributed by atoms with Gasteiger partial charge in [-0.2, -0.15) is 0 Å². The Labute approximate surface area is 204 Å². The van der Waals surface area contributed by atoms with Gasteiger partial charge in [-0.3, -0.25) is 9.29 Å². The molecule has 2 heterocycles. The highest BCUT2D eigenvalue weighted by Gasteiger charge is 2.30. The summed E-state index contributed by atoms with van der Waals surface area (Å²) in [7, 11) is 0. The van der Waals surface area contributed by atoms with E-state index in [4.69, 9.17) is 21.1 Å². The first-order valence-electron chi connectivity index (χ1n) is 11.5. The maximum Gasteiger partial charge on any atom is 0.150 e. The summed E-state index contributed by atoms with van der Waals surface area (Å²) in [5, 5.41) is 10.7. The van der Waals surface area contributed by atoms with Crippen molar-refractivity contribution in [3.8, 4) is 17.2 Å². The van der Waals surface area contributed by atoms with E-state index in [-0.39, 0.29) is 24.4 Å². The fourth-order valence-electron chi connectivity index (χ4n) is 4.69. The van der Waals surface area contributed by atoms with Gasteiger partial charge in [0.05, 0.1) is 6.67 Å². The minimum Gasteiger partial charge on any atom is -0.508 e. The summed E-state index contributed by atoms with van der Waals surface area (Å²) in [4.78, 5) is 2.20. The molecule has 34 heavy (non-hydrogen) atoms. The van der Waals surface area contributed by atoms with Crippen LogP contribution in [0.25, 0.3) is 11.1 Å². The van der Waals surface area contributed by atoms with Crippen LogP contribution in [0.15, 0.2) is 66.7 Å². The molecule has 0 aromatic heterocycles. The van der Waals surface area contributed by atoms with Crippen molar-refractivity contribution >= 4 is 22.7 Å². The van der Waals surface area contributed by atoms with Gasteiger partial charge in [0.25, 0.3) is 0 Å². The molecule has 0 saturated carbocycles. The van der Waals surface area contributed by atoms with Crippen LogP contribution in [-0.2, 0) is 0 Å². The second kappa shape index (κ2) is 9.69. The third kappa shape index (κ3) is 4.63. The van der Waals surface area contributed by atoms with E-state index in [0.29, 0.717) is 11.6 Å². The molecule has 2 aliphatic heterocycles. The Hall–Kier alpha value is -3.02. The number of fused-ring (bicyclic) bond motifs is 1. The number of benzene rings is 3. The summed E-state index contributed by atoms with van der Waals surface area (Å²) in [5.41, 5.74) is 4.88. The summed E-state index contributed by atoms with van der Waals surface area (Å²) >= 11 is 6.31. The number of nitrogens with zero attached hydrogens (tertiary/aromatic N) is 1. The smallest absolute Gasteiger partial charge is 0.150 e. The van der Waals surface area contributed by atoms with E-state index < -0.39 is 0 Å². The number of ether oxygens (including phenoxy) is 2. The van der Waals surface area contributed by atoms with Gasteiger partial charge in [0, 0.05) is 41.7 Å². The van der Waals surface area contributed by atoms with Gasteiger partial charge in [-0.25, -0.2) is 0 Å². The molecule has 0 bridgehead atoms. The van der Waals surface area contributed by atoms with Gasteiger partial charge in [0.15, 0.2) is 0 Å². The number of likely N-dealkylation sites (tertiary alicyclic amines) is 1. The first-order chi connectivity index (χ1) is 16.5. The number of hydrogen-bond donors (Lipinski definition) is 1. The molecule has 1 saturated heterocycles. The molecule has 3 aromatic rings. The first-order valence-corrected chi connectivity index (χ1v) is 11.9. The van der Waals surface area contributed by atoms with Gasteiger partial charge >= 0.3 is 0 Å². The van der Waals surface area contributed by atoms with E-state index in [0.717, 1.165) is 59.0 Å². The lowest BCUT2D eigenvalue weighted by Crippen LogP contribution is -2.49. The van der Waals surface area contributed by atoms with Crippen molar-refractivity contribution in [3.05, 3.63) is 88.4 Å². The lowest BCUT2D eigenvalue weighted by molar-refractivity contribution is 0.0668. The fourth-order valence-corrected chi connectivity index (χ4v) is 4.88. The standard InChI is InChI=1S/C28H27ClFNO3/c1-18-25-14-23(32)7-10-26(25)34-28(27(18)21-3-2-4-22(29)13-21)20-5-8-24(9-6-20)33-12-11-31-16-19(15-30)17-31/h2-10,13-14,19,28,32H,11-12,15-17H2,1H3/t28-/m1/s1. The topological polar surface area (TPSA) is 41.9 Å². The van der Waals surface area contributed by atoms with E-state index in [1.165, 1.54) is 0 Å². The molecular weight excluding hydrogens is 453 g/mol. The number of hydrogen-bond acceptors (Lipinski definition) is 4. The van der Waals surface area contributed by atoms with E-state index in [9.17, 15) is 9.50 Å². The van der Waals surface area contributed by atoms with Crippen molar-refractivity contribution < 1.29 is 19.0 Å². The van der Waals surface area contributed by atoms with E-state index in [2.05, 4.69) is 4.90 Å². The predicted molar refractivity (Wildman–Crippen MR) is 133 cm³/mol. The second-order valence-corrected chi connectivity index (χ2v) is 9.36. The average molecular weight is 480 g/mol. The molecule has 0 radical (unpaired) electrons. The van der Waals surface area contributed by atoms with Crippen molar-refractivity contribution in [2.45, 2.75) is 13.0 Å². The lowest BCUT2D eigenvalue weighted by atomic mass is 9.86.